The fraction of sp³-hybridized carbons (Fsp3) is 0.362. The number of rotatable bonds is 18. The summed E-state index contributed by atoms with van der Waals surface area (Å²) in [5, 5.41) is 1.90. The minimum absolute atomic E-state index is 0. The van der Waals surface area contributed by atoms with E-state index in [2.05, 4.69) is 77.2 Å². The Morgan fingerprint density at radius 3 is 2.16 bits per heavy atom. The number of ketones is 1. The van der Waals surface area contributed by atoms with Crippen LogP contribution < -0.4 is 15.2 Å². The van der Waals surface area contributed by atoms with Crippen LogP contribution in [0.4, 0.5) is 4.39 Å². The topological polar surface area (TPSA) is 83.7 Å². The van der Waals surface area contributed by atoms with Gasteiger partial charge in [-0.25, -0.2) is 4.39 Å². The Morgan fingerprint density at radius 2 is 1.55 bits per heavy atom. The summed E-state index contributed by atoms with van der Waals surface area (Å²) in [6.45, 7) is 2.26. The molecule has 1 aromatic heterocycles. The molecule has 0 spiro atoms. The lowest BCUT2D eigenvalue weighted by molar-refractivity contribution is -0.120. The van der Waals surface area contributed by atoms with E-state index in [0.29, 0.717) is 37.4 Å². The van der Waals surface area contributed by atoms with Crippen LogP contribution in [0.25, 0.3) is 10.8 Å². The Kier molecular flexibility index (Phi) is 15.9. The number of aromatic nitrogens is 1. The standard InChI is InChI=1S/C47H52FIN2O4.ClH/c1-32(33-21-23-38(48)24-22-33)42(52)20-13-26-47(36-16-9-5-10-17-36,37-18-11-6-12-19-37)27-25-41(50)45-40(31-55-46(49)34-14-7-4-8-15-34)39-29-44(54-3)43(53-2)28-35(39)30-51-45;/h5-6,9-12,14,16-19,21-24,28-30,32,41,46H,4,7-8,13,15,20,25-27,31,50H2,1-3H3;1H. The summed E-state index contributed by atoms with van der Waals surface area (Å²) in [5.74, 6) is 0.806. The molecule has 6 rings (SSSR count). The lowest BCUT2D eigenvalue weighted by Gasteiger charge is -2.37. The van der Waals surface area contributed by atoms with Gasteiger partial charge in [-0.2, -0.15) is 0 Å². The van der Waals surface area contributed by atoms with Gasteiger partial charge in [0.05, 0.1) is 26.5 Å². The number of carbonyl (C=O) groups excluding carboxylic acids is 1. The molecule has 1 aliphatic rings. The van der Waals surface area contributed by atoms with Gasteiger partial charge in [-0.05, 0) is 126 Å². The first-order valence-electron chi connectivity index (χ1n) is 19.4. The average molecular weight is 891 g/mol. The molecule has 296 valence electrons. The molecule has 56 heavy (non-hydrogen) atoms. The molecule has 0 aliphatic heterocycles. The van der Waals surface area contributed by atoms with Crippen molar-refractivity contribution in [1.29, 1.82) is 0 Å². The number of halogens is 3. The van der Waals surface area contributed by atoms with Crippen molar-refractivity contribution in [2.75, 3.05) is 14.2 Å². The van der Waals surface area contributed by atoms with Crippen LogP contribution in [-0.2, 0) is 21.6 Å². The third-order valence-corrected chi connectivity index (χ3v) is 12.4. The second-order valence-corrected chi connectivity index (χ2v) is 15.8. The summed E-state index contributed by atoms with van der Waals surface area (Å²) >= 11 is 2.41. The lowest BCUT2D eigenvalue weighted by Crippen LogP contribution is -2.30. The molecule has 0 saturated heterocycles. The maximum atomic E-state index is 13.6. The molecule has 4 aromatic carbocycles. The summed E-state index contributed by atoms with van der Waals surface area (Å²) < 4.78 is 31.6. The van der Waals surface area contributed by atoms with E-state index in [0.717, 1.165) is 53.3 Å². The quantitative estimate of drug-likeness (QED) is 0.0536. The molecule has 9 heteroatoms. The van der Waals surface area contributed by atoms with Gasteiger partial charge in [-0.15, -0.1) is 12.4 Å². The number of fused-ring (bicyclic) bond motifs is 1. The molecule has 0 radical (unpaired) electrons. The first-order chi connectivity index (χ1) is 26.7. The smallest absolute Gasteiger partial charge is 0.161 e. The van der Waals surface area contributed by atoms with E-state index in [4.69, 9.17) is 24.9 Å². The number of methoxy groups -OCH3 is 2. The van der Waals surface area contributed by atoms with Crippen LogP contribution >= 0.6 is 35.0 Å². The normalized spacial score (nSPS) is 14.6. The SMILES string of the molecule is COc1cc2cnc(C(N)CCC(CCCC(=O)C(C)c3ccc(F)cc3)(c3ccccc3)c3ccccc3)c(COC(I)C3=CCCCC3)c2cc1OC.Cl. The zero-order valence-corrected chi connectivity index (χ0v) is 35.5. The van der Waals surface area contributed by atoms with Crippen LogP contribution in [0, 0.1) is 5.82 Å². The van der Waals surface area contributed by atoms with Gasteiger partial charge in [0.15, 0.2) is 11.5 Å². The van der Waals surface area contributed by atoms with Gasteiger partial charge in [0.1, 0.15) is 15.7 Å². The largest absolute Gasteiger partial charge is 0.493 e. The van der Waals surface area contributed by atoms with Crippen LogP contribution in [-0.4, -0.2) is 29.1 Å². The predicted molar refractivity (Wildman–Crippen MR) is 235 cm³/mol. The van der Waals surface area contributed by atoms with E-state index in [-0.39, 0.29) is 34.0 Å². The van der Waals surface area contributed by atoms with Gasteiger partial charge in [-0.3, -0.25) is 9.78 Å². The van der Waals surface area contributed by atoms with Gasteiger partial charge < -0.3 is 19.9 Å². The zero-order chi connectivity index (χ0) is 38.8. The minimum atomic E-state index is -0.412. The second kappa shape index (κ2) is 20.5. The summed E-state index contributed by atoms with van der Waals surface area (Å²) in [6.07, 6.45) is 12.0. The number of nitrogens with zero attached hydrogens (tertiary/aromatic N) is 1. The molecule has 6 nitrogen and oxygen atoms in total. The first-order valence-corrected chi connectivity index (χ1v) is 20.6. The van der Waals surface area contributed by atoms with Crippen molar-refractivity contribution in [3.05, 3.63) is 149 Å². The molecule has 3 atom stereocenters. The Bertz CT molecular complexity index is 2020. The van der Waals surface area contributed by atoms with E-state index >= 15 is 0 Å². The number of Topliss-reactive ketones (excluding diaryl/α,β-unsaturated/α-hetero) is 1. The fourth-order valence-electron chi connectivity index (χ4n) is 8.06. The highest BCUT2D eigenvalue weighted by atomic mass is 127. The molecule has 0 saturated carbocycles. The highest BCUT2D eigenvalue weighted by Gasteiger charge is 2.35. The first kappa shape index (κ1) is 43.3. The van der Waals surface area contributed by atoms with Gasteiger partial charge in [-0.1, -0.05) is 85.8 Å². The highest BCUT2D eigenvalue weighted by molar-refractivity contribution is 14.1. The van der Waals surface area contributed by atoms with Crippen molar-refractivity contribution < 1.29 is 23.4 Å². The van der Waals surface area contributed by atoms with E-state index in [1.54, 1.807) is 26.4 Å². The molecular formula is C47H53ClFIN2O4. The Labute approximate surface area is 351 Å². The molecule has 3 unspecified atom stereocenters. The van der Waals surface area contributed by atoms with Crippen LogP contribution in [0.1, 0.15) is 105 Å². The van der Waals surface area contributed by atoms with Crippen LogP contribution in [0.3, 0.4) is 0 Å². The maximum absolute atomic E-state index is 13.6. The van der Waals surface area contributed by atoms with E-state index < -0.39 is 11.5 Å². The maximum Gasteiger partial charge on any atom is 0.161 e. The van der Waals surface area contributed by atoms with Crippen LogP contribution in [0.15, 0.2) is 115 Å². The van der Waals surface area contributed by atoms with Gasteiger partial charge in [0.2, 0.25) is 0 Å². The molecule has 1 aliphatic carbocycles. The molecule has 1 heterocycles. The summed E-state index contributed by atoms with van der Waals surface area (Å²) in [6, 6.07) is 31.0. The third-order valence-electron chi connectivity index (χ3n) is 11.3. The second-order valence-electron chi connectivity index (χ2n) is 14.6. The van der Waals surface area contributed by atoms with Gasteiger partial charge in [0, 0.05) is 40.9 Å². The summed E-state index contributed by atoms with van der Waals surface area (Å²) in [4.78, 5) is 18.6. The molecule has 2 N–H and O–H groups in total. The number of benzene rings is 4. The van der Waals surface area contributed by atoms with E-state index in [9.17, 15) is 9.18 Å². The molecular weight excluding hydrogens is 838 g/mol. The Balaban J connectivity index is 0.00000600. The fourth-order valence-corrected chi connectivity index (χ4v) is 8.81. The average Bonchev–Trinajstić information content (AvgIpc) is 3.24. The van der Waals surface area contributed by atoms with E-state index in [1.165, 1.54) is 41.7 Å². The summed E-state index contributed by atoms with van der Waals surface area (Å²) in [7, 11) is 3.28. The van der Waals surface area contributed by atoms with Crippen LogP contribution in [0.2, 0.25) is 0 Å². The van der Waals surface area contributed by atoms with Gasteiger partial charge >= 0.3 is 0 Å². The third kappa shape index (κ3) is 10.2. The van der Waals surface area contributed by atoms with E-state index in [1.807, 2.05) is 37.4 Å². The number of hydrogen-bond acceptors (Lipinski definition) is 6. The number of allylic oxidation sites excluding steroid dienone is 1. The highest BCUT2D eigenvalue weighted by Crippen LogP contribution is 2.44. The monoisotopic (exact) mass is 890 g/mol. The number of nitrogens with two attached hydrogens (primary N) is 1. The number of hydrogen-bond donors (Lipinski definition) is 1. The number of pyridine rings is 1. The zero-order valence-electron chi connectivity index (χ0n) is 32.5. The van der Waals surface area contributed by atoms with Crippen molar-refractivity contribution in [2.24, 2.45) is 5.73 Å². The van der Waals surface area contributed by atoms with Crippen molar-refractivity contribution in [3.8, 4) is 11.5 Å². The molecule has 0 bridgehead atoms. The summed E-state index contributed by atoms with van der Waals surface area (Å²) in [5.41, 5.74) is 13.1. The van der Waals surface area contributed by atoms with Crippen molar-refractivity contribution in [3.63, 3.8) is 0 Å². The minimum Gasteiger partial charge on any atom is -0.493 e. The Morgan fingerprint density at radius 1 is 0.911 bits per heavy atom. The van der Waals surface area contributed by atoms with Gasteiger partial charge in [0.25, 0.3) is 0 Å². The Hall–Kier alpha value is -3.83. The molecule has 5 aromatic rings. The number of alkyl halides is 1. The number of ether oxygens (including phenoxy) is 3. The molecule has 0 amide bonds. The van der Waals surface area contributed by atoms with Crippen molar-refractivity contribution in [2.45, 2.75) is 92.8 Å². The molecule has 0 fully saturated rings. The predicted octanol–water partition coefficient (Wildman–Crippen LogP) is 11.9. The lowest BCUT2D eigenvalue weighted by atomic mass is 9.67. The number of carbonyl (C=O) groups is 1. The van der Waals surface area contributed by atoms with Crippen molar-refractivity contribution in [1.82, 2.24) is 4.98 Å². The van der Waals surface area contributed by atoms with Crippen molar-refractivity contribution >= 4 is 51.6 Å². The van der Waals surface area contributed by atoms with Crippen LogP contribution in [0.5, 0.6) is 11.5 Å².